The van der Waals surface area contributed by atoms with Gasteiger partial charge in [-0.05, 0) is 30.5 Å². The second kappa shape index (κ2) is 16.1. The van der Waals surface area contributed by atoms with Gasteiger partial charge in [-0.1, -0.05) is 70.4 Å². The Labute approximate surface area is 203 Å². The molecule has 0 atom stereocenters. The Morgan fingerprint density at radius 3 is 2.09 bits per heavy atom. The first kappa shape index (κ1) is 28.6. The number of morpholine rings is 1. The van der Waals surface area contributed by atoms with Gasteiger partial charge in [-0.3, -0.25) is 9.69 Å². The average molecular weight is 485 g/mol. The van der Waals surface area contributed by atoms with Gasteiger partial charge in [0.25, 0.3) is 0 Å². The molecule has 0 spiro atoms. The van der Waals surface area contributed by atoms with E-state index in [0.29, 0.717) is 19.5 Å². The van der Waals surface area contributed by atoms with Crippen molar-refractivity contribution in [3.8, 4) is 0 Å². The Bertz CT molecular complexity index is 673. The first-order valence-electron chi connectivity index (χ1n) is 13.1. The molecule has 1 aliphatic rings. The molecule has 1 saturated heterocycles. The van der Waals surface area contributed by atoms with Crippen molar-refractivity contribution >= 4 is 5.91 Å². The maximum absolute atomic E-state index is 13.0. The minimum absolute atomic E-state index is 0.102. The van der Waals surface area contributed by atoms with Gasteiger partial charge < -0.3 is 9.64 Å². The summed E-state index contributed by atoms with van der Waals surface area (Å²) < 4.78 is 44.0. The fourth-order valence-electron chi connectivity index (χ4n) is 4.37. The van der Waals surface area contributed by atoms with Crippen molar-refractivity contribution in [2.75, 3.05) is 39.4 Å². The quantitative estimate of drug-likeness (QED) is 0.246. The fourth-order valence-corrected chi connectivity index (χ4v) is 4.37. The Kier molecular flexibility index (Phi) is 13.6. The molecule has 1 heterocycles. The van der Waals surface area contributed by atoms with E-state index in [-0.39, 0.29) is 5.91 Å². The second-order valence-electron chi connectivity index (χ2n) is 9.40. The molecular weight excluding hydrogens is 441 g/mol. The van der Waals surface area contributed by atoms with Crippen LogP contribution in [-0.4, -0.2) is 55.1 Å². The summed E-state index contributed by atoms with van der Waals surface area (Å²) in [4.78, 5) is 17.1. The fraction of sp³-hybridized carbons (Fsp3) is 0.741. The number of amides is 1. The van der Waals surface area contributed by atoms with Crippen LogP contribution < -0.4 is 0 Å². The Morgan fingerprint density at radius 2 is 1.50 bits per heavy atom. The van der Waals surface area contributed by atoms with E-state index in [0.717, 1.165) is 76.2 Å². The molecular formula is C27H43F3N2O2. The van der Waals surface area contributed by atoms with E-state index < -0.39 is 11.7 Å². The highest BCUT2D eigenvalue weighted by Gasteiger charge is 2.30. The van der Waals surface area contributed by atoms with Crippen molar-refractivity contribution in [1.82, 2.24) is 9.80 Å². The number of benzene rings is 1. The zero-order chi connectivity index (χ0) is 24.7. The Hall–Kier alpha value is -1.60. The van der Waals surface area contributed by atoms with E-state index >= 15 is 0 Å². The number of alkyl halides is 3. The molecule has 1 aromatic rings. The van der Waals surface area contributed by atoms with Crippen LogP contribution >= 0.6 is 0 Å². The first-order chi connectivity index (χ1) is 16.4. The van der Waals surface area contributed by atoms with Crippen molar-refractivity contribution in [2.45, 2.75) is 90.3 Å². The van der Waals surface area contributed by atoms with E-state index in [1.807, 2.05) is 4.90 Å². The smallest absolute Gasteiger partial charge is 0.379 e. The van der Waals surface area contributed by atoms with Crippen LogP contribution in [0.4, 0.5) is 13.2 Å². The lowest BCUT2D eigenvalue weighted by atomic mass is 10.1. The summed E-state index contributed by atoms with van der Waals surface area (Å²) in [6, 6.07) is 5.19. The van der Waals surface area contributed by atoms with Crippen molar-refractivity contribution in [3.05, 3.63) is 35.4 Å². The van der Waals surface area contributed by atoms with Crippen molar-refractivity contribution in [1.29, 1.82) is 0 Å². The highest BCUT2D eigenvalue weighted by atomic mass is 19.4. The third-order valence-corrected chi connectivity index (χ3v) is 6.51. The monoisotopic (exact) mass is 484 g/mol. The summed E-state index contributed by atoms with van der Waals surface area (Å²) in [5.74, 6) is 0.102. The summed E-state index contributed by atoms with van der Waals surface area (Å²) >= 11 is 0. The van der Waals surface area contributed by atoms with Crippen LogP contribution in [0.1, 0.15) is 88.7 Å². The lowest BCUT2D eigenvalue weighted by Gasteiger charge is -2.28. The van der Waals surface area contributed by atoms with Crippen molar-refractivity contribution < 1.29 is 22.7 Å². The zero-order valence-electron chi connectivity index (χ0n) is 20.9. The maximum Gasteiger partial charge on any atom is 0.416 e. The molecule has 34 heavy (non-hydrogen) atoms. The van der Waals surface area contributed by atoms with Gasteiger partial charge in [0.2, 0.25) is 5.91 Å². The van der Waals surface area contributed by atoms with Crippen LogP contribution in [-0.2, 0) is 22.3 Å². The average Bonchev–Trinajstić information content (AvgIpc) is 2.82. The molecule has 7 heteroatoms. The van der Waals surface area contributed by atoms with Crippen LogP contribution in [0.3, 0.4) is 0 Å². The minimum Gasteiger partial charge on any atom is -0.379 e. The van der Waals surface area contributed by atoms with Crippen LogP contribution in [0.2, 0.25) is 0 Å². The number of carbonyl (C=O) groups is 1. The highest BCUT2D eigenvalue weighted by molar-refractivity contribution is 5.76. The minimum atomic E-state index is -4.35. The molecule has 1 fully saturated rings. The molecule has 1 amide bonds. The SMILES string of the molecule is CCCCCCCCCCCC(=O)N(CCCN1CCOCC1)Cc1ccc(C(F)(F)F)cc1. The molecule has 4 nitrogen and oxygen atoms in total. The van der Waals surface area contributed by atoms with E-state index in [1.54, 1.807) is 0 Å². The van der Waals surface area contributed by atoms with E-state index in [4.69, 9.17) is 4.74 Å². The van der Waals surface area contributed by atoms with E-state index in [1.165, 1.54) is 50.7 Å². The molecule has 0 bridgehead atoms. The largest absolute Gasteiger partial charge is 0.416 e. The Morgan fingerprint density at radius 1 is 0.912 bits per heavy atom. The van der Waals surface area contributed by atoms with Gasteiger partial charge in [0.1, 0.15) is 0 Å². The summed E-state index contributed by atoms with van der Waals surface area (Å²) in [6.45, 7) is 7.40. The zero-order valence-corrected chi connectivity index (χ0v) is 20.9. The van der Waals surface area contributed by atoms with Gasteiger partial charge in [-0.15, -0.1) is 0 Å². The molecule has 0 unspecified atom stereocenters. The van der Waals surface area contributed by atoms with Gasteiger partial charge >= 0.3 is 6.18 Å². The van der Waals surface area contributed by atoms with Gasteiger partial charge in [0.15, 0.2) is 0 Å². The number of hydrogen-bond donors (Lipinski definition) is 0. The predicted octanol–water partition coefficient (Wildman–Crippen LogP) is 6.68. The molecule has 1 aliphatic heterocycles. The van der Waals surface area contributed by atoms with E-state index in [2.05, 4.69) is 11.8 Å². The van der Waals surface area contributed by atoms with Gasteiger partial charge in [0, 0.05) is 39.1 Å². The van der Waals surface area contributed by atoms with Crippen molar-refractivity contribution in [3.63, 3.8) is 0 Å². The lowest BCUT2D eigenvalue weighted by Crippen LogP contribution is -2.39. The third-order valence-electron chi connectivity index (χ3n) is 6.51. The predicted molar refractivity (Wildman–Crippen MR) is 131 cm³/mol. The maximum atomic E-state index is 13.0. The van der Waals surface area contributed by atoms with Crippen LogP contribution in [0.5, 0.6) is 0 Å². The molecule has 2 rings (SSSR count). The van der Waals surface area contributed by atoms with Crippen molar-refractivity contribution in [2.24, 2.45) is 0 Å². The van der Waals surface area contributed by atoms with E-state index in [9.17, 15) is 18.0 Å². The molecule has 0 aliphatic carbocycles. The molecule has 194 valence electrons. The molecule has 0 aromatic heterocycles. The first-order valence-corrected chi connectivity index (χ1v) is 13.1. The molecule has 0 radical (unpaired) electrons. The number of unbranched alkanes of at least 4 members (excludes halogenated alkanes) is 8. The summed E-state index contributed by atoms with van der Waals surface area (Å²) in [7, 11) is 0. The summed E-state index contributed by atoms with van der Waals surface area (Å²) in [6.07, 6.45) is 7.81. The van der Waals surface area contributed by atoms with Crippen LogP contribution in [0, 0.1) is 0 Å². The highest BCUT2D eigenvalue weighted by Crippen LogP contribution is 2.29. The lowest BCUT2D eigenvalue weighted by molar-refractivity contribution is -0.137. The number of nitrogens with zero attached hydrogens (tertiary/aromatic N) is 2. The normalized spacial score (nSPS) is 14.9. The second-order valence-corrected chi connectivity index (χ2v) is 9.40. The number of ether oxygens (including phenoxy) is 1. The number of hydrogen-bond acceptors (Lipinski definition) is 3. The summed E-state index contributed by atoms with van der Waals surface area (Å²) in [5, 5.41) is 0. The van der Waals surface area contributed by atoms with Gasteiger partial charge in [-0.25, -0.2) is 0 Å². The van der Waals surface area contributed by atoms with Crippen LogP contribution in [0.25, 0.3) is 0 Å². The van der Waals surface area contributed by atoms with Gasteiger partial charge in [-0.2, -0.15) is 13.2 Å². The summed E-state index contributed by atoms with van der Waals surface area (Å²) in [5.41, 5.74) is 0.0796. The van der Waals surface area contributed by atoms with Crippen LogP contribution in [0.15, 0.2) is 24.3 Å². The number of carbonyl (C=O) groups excluding carboxylic acids is 1. The standard InChI is InChI=1S/C27H43F3N2O2/c1-2-3-4-5-6-7-8-9-10-12-26(33)32(18-11-17-31-19-21-34-22-20-31)23-24-13-15-25(16-14-24)27(28,29)30/h13-16H,2-12,17-23H2,1H3. The number of rotatable bonds is 16. The van der Waals surface area contributed by atoms with Gasteiger partial charge in [0.05, 0.1) is 18.8 Å². The topological polar surface area (TPSA) is 32.8 Å². The molecule has 0 saturated carbocycles. The Balaban J connectivity index is 1.80. The number of halogens is 3. The molecule has 1 aromatic carbocycles. The third kappa shape index (κ3) is 11.7. The molecule has 0 N–H and O–H groups in total.